The van der Waals surface area contributed by atoms with Crippen LogP contribution in [0.4, 0.5) is 0 Å². The van der Waals surface area contributed by atoms with Gasteiger partial charge in [-0.25, -0.2) is 4.98 Å². The Kier molecular flexibility index (Phi) is 6.27. The molecule has 0 bridgehead atoms. The van der Waals surface area contributed by atoms with E-state index in [9.17, 15) is 9.59 Å². The Morgan fingerprint density at radius 2 is 1.93 bits per heavy atom. The zero-order valence-corrected chi connectivity index (χ0v) is 16.2. The van der Waals surface area contributed by atoms with Crippen LogP contribution in [0.1, 0.15) is 41.6 Å². The number of benzene rings is 1. The van der Waals surface area contributed by atoms with Crippen molar-refractivity contribution in [3.05, 3.63) is 53.6 Å². The van der Waals surface area contributed by atoms with Gasteiger partial charge in [0.15, 0.2) is 0 Å². The quantitative estimate of drug-likeness (QED) is 0.787. The molecule has 0 spiro atoms. The highest BCUT2D eigenvalue weighted by molar-refractivity contribution is 5.92. The Bertz CT molecular complexity index is 759. The molecular weight excluding hydrogens is 340 g/mol. The van der Waals surface area contributed by atoms with Gasteiger partial charge in [-0.15, -0.1) is 0 Å². The second kappa shape index (κ2) is 8.84. The molecule has 6 nitrogen and oxygen atoms in total. The van der Waals surface area contributed by atoms with Crippen LogP contribution in [0.15, 0.2) is 36.5 Å². The summed E-state index contributed by atoms with van der Waals surface area (Å²) in [5.74, 6) is 1.05. The first-order valence-corrected chi connectivity index (χ1v) is 9.71. The SMILES string of the molecule is CCN(C)C(=O)c1cn2c(n1)CCN(C(=O)CCCc1ccccc1)CC2. The number of imidazole rings is 1. The minimum atomic E-state index is -0.0492. The molecule has 2 heterocycles. The maximum atomic E-state index is 12.6. The zero-order valence-electron chi connectivity index (χ0n) is 16.2. The summed E-state index contributed by atoms with van der Waals surface area (Å²) in [6.07, 6.45) is 4.88. The number of fused-ring (bicyclic) bond motifs is 1. The van der Waals surface area contributed by atoms with Gasteiger partial charge in [-0.1, -0.05) is 30.3 Å². The van der Waals surface area contributed by atoms with Crippen molar-refractivity contribution in [2.24, 2.45) is 0 Å². The standard InChI is InChI=1S/C21H28N4O2/c1-3-23(2)21(27)18-16-25-15-14-24(13-12-19(25)22-18)20(26)11-7-10-17-8-5-4-6-9-17/h4-6,8-9,16H,3,7,10-15H2,1-2H3. The summed E-state index contributed by atoms with van der Waals surface area (Å²) in [6, 6.07) is 10.3. The van der Waals surface area contributed by atoms with E-state index in [-0.39, 0.29) is 11.8 Å². The highest BCUT2D eigenvalue weighted by atomic mass is 16.2. The molecular formula is C21H28N4O2. The number of aryl methyl sites for hydroxylation is 1. The first-order valence-electron chi connectivity index (χ1n) is 9.71. The number of amides is 2. The van der Waals surface area contributed by atoms with E-state index in [2.05, 4.69) is 17.1 Å². The number of nitrogens with zero attached hydrogens (tertiary/aromatic N) is 4. The number of carbonyl (C=O) groups is 2. The predicted molar refractivity (Wildman–Crippen MR) is 105 cm³/mol. The van der Waals surface area contributed by atoms with Gasteiger partial charge in [0.2, 0.25) is 5.91 Å². The van der Waals surface area contributed by atoms with Gasteiger partial charge in [0, 0.05) is 52.3 Å². The third kappa shape index (κ3) is 4.76. The van der Waals surface area contributed by atoms with Crippen molar-refractivity contribution in [3.8, 4) is 0 Å². The Morgan fingerprint density at radius 3 is 2.67 bits per heavy atom. The summed E-state index contributed by atoms with van der Waals surface area (Å²) in [6.45, 7) is 4.63. The molecule has 1 aromatic heterocycles. The van der Waals surface area contributed by atoms with Crippen LogP contribution >= 0.6 is 0 Å². The van der Waals surface area contributed by atoms with Crippen LogP contribution in [0, 0.1) is 0 Å². The van der Waals surface area contributed by atoms with E-state index in [0.29, 0.717) is 44.7 Å². The van der Waals surface area contributed by atoms with Crippen LogP contribution in [-0.2, 0) is 24.2 Å². The number of carbonyl (C=O) groups excluding carboxylic acids is 2. The van der Waals surface area contributed by atoms with Crippen molar-refractivity contribution in [2.45, 2.75) is 39.2 Å². The molecule has 3 rings (SSSR count). The largest absolute Gasteiger partial charge is 0.341 e. The molecule has 1 aromatic carbocycles. The molecule has 144 valence electrons. The van der Waals surface area contributed by atoms with Crippen LogP contribution < -0.4 is 0 Å². The van der Waals surface area contributed by atoms with Gasteiger partial charge in [0.25, 0.3) is 5.91 Å². The lowest BCUT2D eigenvalue weighted by Gasteiger charge is -2.20. The van der Waals surface area contributed by atoms with Crippen molar-refractivity contribution in [1.29, 1.82) is 0 Å². The van der Waals surface area contributed by atoms with E-state index in [0.717, 1.165) is 18.7 Å². The summed E-state index contributed by atoms with van der Waals surface area (Å²) < 4.78 is 2.02. The van der Waals surface area contributed by atoms with Gasteiger partial charge in [-0.3, -0.25) is 9.59 Å². The van der Waals surface area contributed by atoms with Crippen molar-refractivity contribution in [2.75, 3.05) is 26.7 Å². The summed E-state index contributed by atoms with van der Waals surface area (Å²) in [5.41, 5.74) is 1.77. The molecule has 6 heteroatoms. The first kappa shape index (κ1) is 19.1. The van der Waals surface area contributed by atoms with Gasteiger partial charge in [-0.05, 0) is 25.3 Å². The third-order valence-corrected chi connectivity index (χ3v) is 5.17. The maximum absolute atomic E-state index is 12.6. The number of rotatable bonds is 6. The Hall–Kier alpha value is -2.63. The van der Waals surface area contributed by atoms with E-state index in [1.54, 1.807) is 11.9 Å². The van der Waals surface area contributed by atoms with Gasteiger partial charge in [-0.2, -0.15) is 0 Å². The Balaban J connectivity index is 1.51. The third-order valence-electron chi connectivity index (χ3n) is 5.17. The average molecular weight is 368 g/mol. The fourth-order valence-electron chi connectivity index (χ4n) is 3.36. The molecule has 2 aromatic rings. The van der Waals surface area contributed by atoms with Gasteiger partial charge < -0.3 is 14.4 Å². The van der Waals surface area contributed by atoms with Gasteiger partial charge >= 0.3 is 0 Å². The molecule has 0 aliphatic carbocycles. The Morgan fingerprint density at radius 1 is 1.15 bits per heavy atom. The zero-order chi connectivity index (χ0) is 19.2. The molecule has 27 heavy (non-hydrogen) atoms. The van der Waals surface area contributed by atoms with E-state index in [4.69, 9.17) is 0 Å². The normalized spacial score (nSPS) is 13.8. The molecule has 2 amide bonds. The molecule has 0 unspecified atom stereocenters. The minimum absolute atomic E-state index is 0.0492. The van der Waals surface area contributed by atoms with Crippen molar-refractivity contribution in [1.82, 2.24) is 19.4 Å². The highest BCUT2D eigenvalue weighted by Gasteiger charge is 2.22. The lowest BCUT2D eigenvalue weighted by atomic mass is 10.1. The average Bonchev–Trinajstić information content (AvgIpc) is 3.00. The van der Waals surface area contributed by atoms with Gasteiger partial charge in [0.1, 0.15) is 11.5 Å². The number of hydrogen-bond donors (Lipinski definition) is 0. The number of hydrogen-bond acceptors (Lipinski definition) is 3. The molecule has 0 radical (unpaired) electrons. The first-order chi connectivity index (χ1) is 13.1. The number of aromatic nitrogens is 2. The Labute approximate surface area is 160 Å². The molecule has 0 N–H and O–H groups in total. The molecule has 0 atom stereocenters. The molecule has 1 aliphatic heterocycles. The smallest absolute Gasteiger partial charge is 0.273 e. The van der Waals surface area contributed by atoms with E-state index >= 15 is 0 Å². The lowest BCUT2D eigenvalue weighted by Crippen LogP contribution is -2.33. The molecule has 0 saturated heterocycles. The maximum Gasteiger partial charge on any atom is 0.273 e. The monoisotopic (exact) mass is 368 g/mol. The fourth-order valence-corrected chi connectivity index (χ4v) is 3.36. The summed E-state index contributed by atoms with van der Waals surface area (Å²) >= 11 is 0. The van der Waals surface area contributed by atoms with E-state index < -0.39 is 0 Å². The minimum Gasteiger partial charge on any atom is -0.341 e. The molecule has 0 fully saturated rings. The van der Waals surface area contributed by atoms with Crippen LogP contribution in [0.3, 0.4) is 0 Å². The second-order valence-corrected chi connectivity index (χ2v) is 7.03. The molecule has 1 aliphatic rings. The van der Waals surface area contributed by atoms with Crippen LogP contribution in [0.2, 0.25) is 0 Å². The van der Waals surface area contributed by atoms with Crippen molar-refractivity contribution in [3.63, 3.8) is 0 Å². The fraction of sp³-hybridized carbons (Fsp3) is 0.476. The van der Waals surface area contributed by atoms with Crippen LogP contribution in [0.25, 0.3) is 0 Å². The highest BCUT2D eigenvalue weighted by Crippen LogP contribution is 2.13. The summed E-state index contributed by atoms with van der Waals surface area (Å²) in [5, 5.41) is 0. The van der Waals surface area contributed by atoms with Crippen LogP contribution in [0.5, 0.6) is 0 Å². The lowest BCUT2D eigenvalue weighted by molar-refractivity contribution is -0.131. The van der Waals surface area contributed by atoms with E-state index in [1.165, 1.54) is 5.56 Å². The van der Waals surface area contributed by atoms with Crippen molar-refractivity contribution < 1.29 is 9.59 Å². The topological polar surface area (TPSA) is 58.4 Å². The van der Waals surface area contributed by atoms with E-state index in [1.807, 2.05) is 40.8 Å². The van der Waals surface area contributed by atoms with Crippen LogP contribution in [-0.4, -0.2) is 57.8 Å². The summed E-state index contributed by atoms with van der Waals surface area (Å²) in [7, 11) is 1.78. The summed E-state index contributed by atoms with van der Waals surface area (Å²) in [4.78, 5) is 32.9. The van der Waals surface area contributed by atoms with Crippen molar-refractivity contribution >= 4 is 11.8 Å². The second-order valence-electron chi connectivity index (χ2n) is 7.03. The van der Waals surface area contributed by atoms with Gasteiger partial charge in [0.05, 0.1) is 0 Å². The predicted octanol–water partition coefficient (Wildman–Crippen LogP) is 2.38. The molecule has 0 saturated carbocycles.